The largest absolute Gasteiger partial charge is 0.477 e. The molecule has 1 amide bonds. The van der Waals surface area contributed by atoms with Gasteiger partial charge in [0.1, 0.15) is 11.2 Å². The first-order valence-corrected chi connectivity index (χ1v) is 9.56. The molecule has 2 heterocycles. The van der Waals surface area contributed by atoms with E-state index in [-0.39, 0.29) is 11.9 Å². The van der Waals surface area contributed by atoms with Crippen molar-refractivity contribution in [3.63, 3.8) is 0 Å². The van der Waals surface area contributed by atoms with Gasteiger partial charge in [-0.25, -0.2) is 9.97 Å². The van der Waals surface area contributed by atoms with Gasteiger partial charge in [0.25, 0.3) is 5.91 Å². The topological polar surface area (TPSA) is 55.3 Å². The van der Waals surface area contributed by atoms with E-state index in [2.05, 4.69) is 9.97 Å². The fourth-order valence-electron chi connectivity index (χ4n) is 2.89. The summed E-state index contributed by atoms with van der Waals surface area (Å²) in [7, 11) is 0. The Labute approximate surface area is 157 Å². The van der Waals surface area contributed by atoms with Crippen molar-refractivity contribution in [2.75, 3.05) is 6.61 Å². The molecule has 3 rings (SSSR count). The van der Waals surface area contributed by atoms with E-state index in [1.807, 2.05) is 62.9 Å². The summed E-state index contributed by atoms with van der Waals surface area (Å²) in [5.74, 6) is 0.566. The highest BCUT2D eigenvalue weighted by atomic mass is 32.1. The molecule has 5 nitrogen and oxygen atoms in total. The summed E-state index contributed by atoms with van der Waals surface area (Å²) in [6.45, 7) is 9.04. The predicted octanol–water partition coefficient (Wildman–Crippen LogP) is 4.45. The zero-order valence-electron chi connectivity index (χ0n) is 15.5. The van der Waals surface area contributed by atoms with Gasteiger partial charge in [0.2, 0.25) is 5.88 Å². The molecule has 0 saturated heterocycles. The van der Waals surface area contributed by atoms with Crippen LogP contribution in [0.1, 0.15) is 41.6 Å². The molecule has 2 aromatic heterocycles. The molecule has 0 fully saturated rings. The lowest BCUT2D eigenvalue weighted by molar-refractivity contribution is 0.0695. The molecule has 0 aliphatic rings. The van der Waals surface area contributed by atoms with Crippen LogP contribution in [0.5, 0.6) is 5.88 Å². The van der Waals surface area contributed by atoms with E-state index < -0.39 is 0 Å². The molecule has 1 aromatic carbocycles. The smallest absolute Gasteiger partial charge is 0.264 e. The lowest BCUT2D eigenvalue weighted by Crippen LogP contribution is -2.36. The Morgan fingerprint density at radius 2 is 1.96 bits per heavy atom. The van der Waals surface area contributed by atoms with Crippen molar-refractivity contribution < 1.29 is 9.53 Å². The Kier molecular flexibility index (Phi) is 5.52. The third kappa shape index (κ3) is 3.55. The molecule has 0 N–H and O–H groups in total. The zero-order valence-corrected chi connectivity index (χ0v) is 16.3. The van der Waals surface area contributed by atoms with Gasteiger partial charge in [-0.15, -0.1) is 11.3 Å². The van der Waals surface area contributed by atoms with Crippen molar-refractivity contribution in [2.45, 2.75) is 40.3 Å². The van der Waals surface area contributed by atoms with E-state index >= 15 is 0 Å². The summed E-state index contributed by atoms with van der Waals surface area (Å²) < 4.78 is 5.63. The minimum Gasteiger partial charge on any atom is -0.477 e. The third-order valence-corrected chi connectivity index (χ3v) is 5.44. The van der Waals surface area contributed by atoms with Gasteiger partial charge in [0.05, 0.1) is 16.9 Å². The SMILES string of the molecule is CCOc1ncnc2sc(C(=O)N(Cc3ccccc3)C(C)C)c(C)c12. The van der Waals surface area contributed by atoms with Crippen LogP contribution in [0.3, 0.4) is 0 Å². The van der Waals surface area contributed by atoms with Crippen LogP contribution in [0.15, 0.2) is 36.7 Å². The minimum absolute atomic E-state index is 0.0202. The predicted molar refractivity (Wildman–Crippen MR) is 105 cm³/mol. The van der Waals surface area contributed by atoms with E-state index in [4.69, 9.17) is 4.74 Å². The van der Waals surface area contributed by atoms with Gasteiger partial charge in [0, 0.05) is 12.6 Å². The summed E-state index contributed by atoms with van der Waals surface area (Å²) in [6.07, 6.45) is 1.49. The van der Waals surface area contributed by atoms with Gasteiger partial charge < -0.3 is 9.64 Å². The van der Waals surface area contributed by atoms with E-state index in [1.165, 1.54) is 17.7 Å². The summed E-state index contributed by atoms with van der Waals surface area (Å²) >= 11 is 1.41. The first-order chi connectivity index (χ1) is 12.5. The fourth-order valence-corrected chi connectivity index (χ4v) is 3.98. The number of hydrogen-bond acceptors (Lipinski definition) is 5. The summed E-state index contributed by atoms with van der Waals surface area (Å²) in [5, 5.41) is 0.839. The van der Waals surface area contributed by atoms with Crippen molar-refractivity contribution in [2.24, 2.45) is 0 Å². The second-order valence-corrected chi connectivity index (χ2v) is 7.36. The van der Waals surface area contributed by atoms with Crippen LogP contribution in [0, 0.1) is 6.92 Å². The van der Waals surface area contributed by atoms with Crippen molar-refractivity contribution in [1.82, 2.24) is 14.9 Å². The highest BCUT2D eigenvalue weighted by Crippen LogP contribution is 2.35. The number of amides is 1. The van der Waals surface area contributed by atoms with E-state index in [0.29, 0.717) is 23.9 Å². The molecule has 0 radical (unpaired) electrons. The van der Waals surface area contributed by atoms with Crippen LogP contribution in [0.25, 0.3) is 10.2 Å². The molecule has 0 aliphatic carbocycles. The van der Waals surface area contributed by atoms with Gasteiger partial charge in [-0.1, -0.05) is 30.3 Å². The number of aryl methyl sites for hydroxylation is 1. The van der Waals surface area contributed by atoms with Crippen LogP contribution >= 0.6 is 11.3 Å². The van der Waals surface area contributed by atoms with Crippen LogP contribution in [0.4, 0.5) is 0 Å². The number of thiophene rings is 1. The second-order valence-electron chi connectivity index (χ2n) is 6.36. The molecule has 26 heavy (non-hydrogen) atoms. The van der Waals surface area contributed by atoms with Crippen LogP contribution < -0.4 is 4.74 Å². The number of nitrogens with zero attached hydrogens (tertiary/aromatic N) is 3. The molecule has 0 bridgehead atoms. The Bertz CT molecular complexity index is 906. The molecule has 0 spiro atoms. The van der Waals surface area contributed by atoms with Gasteiger partial charge in [-0.3, -0.25) is 4.79 Å². The Hall–Kier alpha value is -2.47. The fraction of sp³-hybridized carbons (Fsp3) is 0.350. The lowest BCUT2D eigenvalue weighted by Gasteiger charge is -2.26. The maximum atomic E-state index is 13.3. The van der Waals surface area contributed by atoms with Gasteiger partial charge >= 0.3 is 0 Å². The normalized spacial score (nSPS) is 11.1. The number of benzene rings is 1. The lowest BCUT2D eigenvalue weighted by atomic mass is 10.1. The third-order valence-electron chi connectivity index (χ3n) is 4.25. The summed E-state index contributed by atoms with van der Waals surface area (Å²) in [6, 6.07) is 10.1. The number of aromatic nitrogens is 2. The number of ether oxygens (including phenoxy) is 1. The second kappa shape index (κ2) is 7.83. The highest BCUT2D eigenvalue weighted by molar-refractivity contribution is 7.20. The quantitative estimate of drug-likeness (QED) is 0.644. The van der Waals surface area contributed by atoms with Crippen molar-refractivity contribution in [3.8, 4) is 5.88 Å². The average Bonchev–Trinajstić information content (AvgIpc) is 2.98. The standard InChI is InChI=1S/C20H23N3O2S/c1-5-25-18-16-14(4)17(26-19(16)22-12-21-18)20(24)23(13(2)3)11-15-9-7-6-8-10-15/h6-10,12-13H,5,11H2,1-4H3. The number of hydrogen-bond donors (Lipinski definition) is 0. The first-order valence-electron chi connectivity index (χ1n) is 8.74. The van der Waals surface area contributed by atoms with Crippen molar-refractivity contribution in [3.05, 3.63) is 52.7 Å². The Morgan fingerprint density at radius 1 is 1.23 bits per heavy atom. The van der Waals surface area contributed by atoms with Crippen molar-refractivity contribution >= 4 is 27.5 Å². The monoisotopic (exact) mass is 369 g/mol. The van der Waals surface area contributed by atoms with E-state index in [9.17, 15) is 4.79 Å². The zero-order chi connectivity index (χ0) is 18.7. The molecule has 0 atom stereocenters. The Morgan fingerprint density at radius 3 is 2.62 bits per heavy atom. The van der Waals surface area contributed by atoms with E-state index in [0.717, 1.165) is 21.3 Å². The number of carbonyl (C=O) groups excluding carboxylic acids is 1. The average molecular weight is 369 g/mol. The van der Waals surface area contributed by atoms with Gasteiger partial charge in [0.15, 0.2) is 0 Å². The van der Waals surface area contributed by atoms with Crippen LogP contribution in [-0.4, -0.2) is 33.4 Å². The first kappa shape index (κ1) is 18.3. The minimum atomic E-state index is 0.0202. The molecule has 0 saturated carbocycles. The maximum absolute atomic E-state index is 13.3. The van der Waals surface area contributed by atoms with E-state index in [1.54, 1.807) is 0 Å². The Balaban J connectivity index is 1.99. The number of fused-ring (bicyclic) bond motifs is 1. The van der Waals surface area contributed by atoms with Gasteiger partial charge in [-0.05, 0) is 38.8 Å². The van der Waals surface area contributed by atoms with Crippen LogP contribution in [0.2, 0.25) is 0 Å². The summed E-state index contributed by atoms with van der Waals surface area (Å²) in [4.78, 5) is 25.2. The van der Waals surface area contributed by atoms with Gasteiger partial charge in [-0.2, -0.15) is 0 Å². The molecule has 6 heteroatoms. The molecule has 0 unspecified atom stereocenters. The molecular formula is C20H23N3O2S. The number of rotatable bonds is 6. The van der Waals surface area contributed by atoms with Crippen molar-refractivity contribution in [1.29, 1.82) is 0 Å². The maximum Gasteiger partial charge on any atom is 0.264 e. The molecule has 0 aliphatic heterocycles. The molecular weight excluding hydrogens is 346 g/mol. The number of carbonyl (C=O) groups is 1. The molecule has 136 valence electrons. The summed E-state index contributed by atoms with van der Waals surface area (Å²) in [5.41, 5.74) is 2.00. The highest BCUT2D eigenvalue weighted by Gasteiger charge is 2.25. The van der Waals surface area contributed by atoms with Crippen LogP contribution in [-0.2, 0) is 6.54 Å². The molecule has 3 aromatic rings.